The van der Waals surface area contributed by atoms with Crippen LogP contribution in [-0.2, 0) is 13.0 Å². The molecule has 4 heteroatoms. The molecule has 2 aromatic carbocycles. The van der Waals surface area contributed by atoms with Gasteiger partial charge in [0, 0.05) is 18.4 Å². The normalized spacial score (nSPS) is 10.1. The number of hydrogen-bond acceptors (Lipinski definition) is 3. The van der Waals surface area contributed by atoms with Crippen LogP contribution in [0.3, 0.4) is 0 Å². The maximum atomic E-state index is 5.91. The van der Waals surface area contributed by atoms with Crippen LogP contribution in [0.25, 0.3) is 0 Å². The molecule has 0 fully saturated rings. The predicted octanol–water partition coefficient (Wildman–Crippen LogP) is 9.30. The fraction of sp³-hybridized carbons (Fsp3) is 0.257. The van der Waals surface area contributed by atoms with E-state index in [1.807, 2.05) is 126 Å². The second kappa shape index (κ2) is 21.0. The minimum Gasteiger partial charge on any atom is -0.497 e. The van der Waals surface area contributed by atoms with Gasteiger partial charge in [0.15, 0.2) is 0 Å². The van der Waals surface area contributed by atoms with Crippen molar-refractivity contribution < 1.29 is 9.47 Å². The van der Waals surface area contributed by atoms with Gasteiger partial charge in [0.1, 0.15) is 17.2 Å². The van der Waals surface area contributed by atoms with Crippen molar-refractivity contribution in [3.05, 3.63) is 138 Å². The fourth-order valence-corrected chi connectivity index (χ4v) is 3.19. The van der Waals surface area contributed by atoms with Gasteiger partial charge in [0.2, 0.25) is 0 Å². The number of para-hydroxylation sites is 1. The number of rotatable bonds is 10. The zero-order chi connectivity index (χ0) is 28.7. The first-order valence-corrected chi connectivity index (χ1v) is 13.5. The third kappa shape index (κ3) is 15.7. The molecule has 0 amide bonds. The van der Waals surface area contributed by atoms with Crippen molar-refractivity contribution in [2.75, 3.05) is 13.7 Å². The van der Waals surface area contributed by atoms with Gasteiger partial charge < -0.3 is 19.8 Å². The number of benzene rings is 2. The predicted molar refractivity (Wildman–Crippen MR) is 168 cm³/mol. The molecule has 208 valence electrons. The average Bonchev–Trinajstić information content (AvgIpc) is 3.04. The van der Waals surface area contributed by atoms with Crippen LogP contribution in [-0.4, -0.2) is 18.6 Å². The molecule has 1 aromatic heterocycles. The monoisotopic (exact) mass is 526 g/mol. The Morgan fingerprint density at radius 2 is 1.59 bits per heavy atom. The Morgan fingerprint density at radius 3 is 2.28 bits per heavy atom. The molecule has 0 radical (unpaired) electrons. The van der Waals surface area contributed by atoms with E-state index < -0.39 is 0 Å². The summed E-state index contributed by atoms with van der Waals surface area (Å²) in [4.78, 5) is 3.31. The molecular weight excluding hydrogens is 480 g/mol. The van der Waals surface area contributed by atoms with Gasteiger partial charge in [-0.15, -0.1) is 0 Å². The SMILES string of the molecule is C=C(C)/C=C\C=C/C.CC.COc1ccc(CCNCc2cccc(Oc3ccccc3)c2)c[nH]c(C)cc1. The fourth-order valence-electron chi connectivity index (χ4n) is 3.19. The van der Waals surface area contributed by atoms with Gasteiger partial charge in [-0.2, -0.15) is 0 Å². The second-order valence-corrected chi connectivity index (χ2v) is 8.54. The molecule has 0 unspecified atom stereocenters. The van der Waals surface area contributed by atoms with Crippen LogP contribution in [0.15, 0.2) is 122 Å². The highest BCUT2D eigenvalue weighted by Gasteiger charge is 1.99. The summed E-state index contributed by atoms with van der Waals surface area (Å²) in [6.07, 6.45) is 10.9. The average molecular weight is 527 g/mol. The number of aromatic amines is 1. The van der Waals surface area contributed by atoms with E-state index in [0.29, 0.717) is 0 Å². The van der Waals surface area contributed by atoms with Crippen molar-refractivity contribution in [2.24, 2.45) is 0 Å². The largest absolute Gasteiger partial charge is 0.497 e. The van der Waals surface area contributed by atoms with Crippen molar-refractivity contribution in [1.29, 1.82) is 0 Å². The van der Waals surface area contributed by atoms with Gasteiger partial charge in [0.25, 0.3) is 0 Å². The molecule has 0 aliphatic rings. The van der Waals surface area contributed by atoms with Crippen molar-refractivity contribution in [3.8, 4) is 17.2 Å². The standard InChI is InChI=1S/C25H28N2O2.C8H12.C2H6/c1-20-11-13-23(28-2)14-12-21(19-27-20)15-16-26-18-22-7-6-10-25(17-22)29-24-8-4-3-5-9-24;1-4-5-6-7-8(2)3;1-2/h3-14,17,19,26-27H,15-16,18H2,1-2H3;4-7H,2H2,1,3H3;1-2H3/b;5-4-,7-6-;. The maximum Gasteiger partial charge on any atom is 0.127 e. The number of H-pyrrole nitrogens is 1. The number of nitrogens with one attached hydrogen (secondary N) is 2. The summed E-state index contributed by atoms with van der Waals surface area (Å²) in [5, 5.41) is 3.51. The minimum atomic E-state index is 0.790. The van der Waals surface area contributed by atoms with Gasteiger partial charge >= 0.3 is 0 Å². The Balaban J connectivity index is 0.000000654. The zero-order valence-electron chi connectivity index (χ0n) is 24.5. The summed E-state index contributed by atoms with van der Waals surface area (Å²) in [6.45, 7) is 15.4. The Kier molecular flexibility index (Phi) is 17.8. The quantitative estimate of drug-likeness (QED) is 0.204. The zero-order valence-corrected chi connectivity index (χ0v) is 24.5. The highest BCUT2D eigenvalue weighted by atomic mass is 16.5. The lowest BCUT2D eigenvalue weighted by Crippen LogP contribution is -2.16. The van der Waals surface area contributed by atoms with Crippen LogP contribution >= 0.6 is 0 Å². The summed E-state index contributed by atoms with van der Waals surface area (Å²) in [5.74, 6) is 2.53. The molecule has 2 N–H and O–H groups in total. The van der Waals surface area contributed by atoms with Gasteiger partial charge in [-0.05, 0) is 87.3 Å². The van der Waals surface area contributed by atoms with Crippen molar-refractivity contribution in [3.63, 3.8) is 0 Å². The molecule has 3 rings (SSSR count). The Bertz CT molecular complexity index is 1190. The summed E-state index contributed by atoms with van der Waals surface area (Å²) in [7, 11) is 1.69. The molecule has 0 saturated heterocycles. The Hall–Kier alpha value is -4.02. The van der Waals surface area contributed by atoms with Crippen LogP contribution in [0, 0.1) is 6.92 Å². The lowest BCUT2D eigenvalue weighted by atomic mass is 10.2. The Labute approximate surface area is 236 Å². The Morgan fingerprint density at radius 1 is 0.872 bits per heavy atom. The van der Waals surface area contributed by atoms with E-state index in [4.69, 9.17) is 9.47 Å². The molecule has 4 nitrogen and oxygen atoms in total. The first-order valence-electron chi connectivity index (χ1n) is 13.5. The number of allylic oxidation sites excluding steroid dienone is 5. The van der Waals surface area contributed by atoms with E-state index in [0.717, 1.165) is 48.0 Å². The molecule has 0 atom stereocenters. The van der Waals surface area contributed by atoms with Gasteiger partial charge in [-0.3, -0.25) is 0 Å². The molecular formula is C35H46N2O2. The summed E-state index contributed by atoms with van der Waals surface area (Å²) < 4.78 is 11.3. The van der Waals surface area contributed by atoms with E-state index in [9.17, 15) is 0 Å². The number of aryl methyl sites for hydroxylation is 1. The summed E-state index contributed by atoms with van der Waals surface area (Å²) >= 11 is 0. The molecule has 0 aliphatic heterocycles. The van der Waals surface area contributed by atoms with E-state index in [2.05, 4.69) is 35.1 Å². The van der Waals surface area contributed by atoms with Crippen LogP contribution in [0.4, 0.5) is 0 Å². The van der Waals surface area contributed by atoms with E-state index >= 15 is 0 Å². The number of aromatic nitrogens is 1. The molecule has 39 heavy (non-hydrogen) atoms. The number of methoxy groups -OCH3 is 1. The van der Waals surface area contributed by atoms with Crippen molar-refractivity contribution in [2.45, 2.75) is 47.6 Å². The van der Waals surface area contributed by atoms with E-state index in [1.165, 1.54) is 11.1 Å². The molecule has 0 aliphatic carbocycles. The second-order valence-electron chi connectivity index (χ2n) is 8.54. The number of ether oxygens (including phenoxy) is 2. The van der Waals surface area contributed by atoms with Gasteiger partial charge in [-0.25, -0.2) is 0 Å². The molecule has 1 heterocycles. The third-order valence-electron chi connectivity index (χ3n) is 5.16. The lowest BCUT2D eigenvalue weighted by molar-refractivity contribution is 0.415. The third-order valence-corrected chi connectivity index (χ3v) is 5.16. The summed E-state index contributed by atoms with van der Waals surface area (Å²) in [5.41, 5.74) is 4.56. The van der Waals surface area contributed by atoms with Crippen LogP contribution in [0.2, 0.25) is 0 Å². The molecule has 3 aromatic rings. The topological polar surface area (TPSA) is 46.3 Å². The van der Waals surface area contributed by atoms with Gasteiger partial charge in [0.05, 0.1) is 7.11 Å². The van der Waals surface area contributed by atoms with Crippen LogP contribution in [0.5, 0.6) is 17.2 Å². The first kappa shape index (κ1) is 33.0. The van der Waals surface area contributed by atoms with Crippen LogP contribution in [0.1, 0.15) is 44.5 Å². The highest BCUT2D eigenvalue weighted by molar-refractivity contribution is 5.34. The van der Waals surface area contributed by atoms with Crippen molar-refractivity contribution in [1.82, 2.24) is 10.3 Å². The van der Waals surface area contributed by atoms with E-state index in [-0.39, 0.29) is 0 Å². The van der Waals surface area contributed by atoms with Crippen LogP contribution < -0.4 is 14.8 Å². The molecule has 0 saturated carbocycles. The lowest BCUT2D eigenvalue weighted by Gasteiger charge is -2.09. The highest BCUT2D eigenvalue weighted by Crippen LogP contribution is 2.21. The number of hydrogen-bond donors (Lipinski definition) is 2. The minimum absolute atomic E-state index is 0.790. The van der Waals surface area contributed by atoms with E-state index in [1.54, 1.807) is 7.11 Å². The van der Waals surface area contributed by atoms with Crippen molar-refractivity contribution >= 4 is 0 Å². The van der Waals surface area contributed by atoms with Gasteiger partial charge in [-0.1, -0.05) is 86.7 Å². The smallest absolute Gasteiger partial charge is 0.127 e. The first-order chi connectivity index (χ1) is 19.0. The summed E-state index contributed by atoms with van der Waals surface area (Å²) in [6, 6.07) is 26.1. The maximum absolute atomic E-state index is 5.91. The molecule has 0 bridgehead atoms. The molecule has 0 spiro atoms.